The molecule has 12 heteroatoms. The van der Waals surface area contributed by atoms with E-state index in [1.165, 1.54) is 46.5 Å². The Bertz CT molecular complexity index is 1610. The van der Waals surface area contributed by atoms with E-state index in [-0.39, 0.29) is 16.2 Å². The lowest BCUT2D eigenvalue weighted by Gasteiger charge is -2.34. The van der Waals surface area contributed by atoms with Crippen molar-refractivity contribution in [3.8, 4) is 22.1 Å². The molecule has 5 rings (SSSR count). The number of rotatable bonds is 7. The van der Waals surface area contributed by atoms with Crippen LogP contribution in [0.2, 0.25) is 0 Å². The molecule has 10 nitrogen and oxygen atoms in total. The second-order valence-electron chi connectivity index (χ2n) is 8.70. The predicted octanol–water partition coefficient (Wildman–Crippen LogP) is 2.65. The molecular formula is C25H27N5O5S2. The highest BCUT2D eigenvalue weighted by molar-refractivity contribution is 7.89. The van der Waals surface area contributed by atoms with E-state index in [0.29, 0.717) is 49.1 Å². The van der Waals surface area contributed by atoms with Crippen molar-refractivity contribution < 1.29 is 17.9 Å². The molecule has 1 aliphatic heterocycles. The topological polar surface area (TPSA) is 106 Å². The van der Waals surface area contributed by atoms with Crippen molar-refractivity contribution in [2.45, 2.75) is 18.4 Å². The van der Waals surface area contributed by atoms with Crippen LogP contribution in [-0.4, -0.2) is 72.6 Å². The van der Waals surface area contributed by atoms with Gasteiger partial charge < -0.3 is 9.47 Å². The second-order valence-corrected chi connectivity index (χ2v) is 11.6. The Morgan fingerprint density at radius 3 is 2.46 bits per heavy atom. The molecule has 0 spiro atoms. The van der Waals surface area contributed by atoms with Gasteiger partial charge in [0.25, 0.3) is 5.56 Å². The molecule has 0 radical (unpaired) electrons. The first kappa shape index (κ1) is 25.3. The molecule has 0 amide bonds. The van der Waals surface area contributed by atoms with E-state index in [9.17, 15) is 13.2 Å². The number of fused-ring (bicyclic) bond motifs is 1. The minimum atomic E-state index is -3.77. The van der Waals surface area contributed by atoms with Gasteiger partial charge in [-0.3, -0.25) is 9.69 Å². The largest absolute Gasteiger partial charge is 0.497 e. The maximum absolute atomic E-state index is 13.3. The fourth-order valence-corrected chi connectivity index (χ4v) is 6.95. The van der Waals surface area contributed by atoms with Crippen molar-refractivity contribution in [2.75, 3.05) is 40.4 Å². The number of hydrogen-bond acceptors (Lipinski definition) is 9. The molecule has 0 bridgehead atoms. The average molecular weight is 542 g/mol. The normalized spacial score (nSPS) is 15.2. The van der Waals surface area contributed by atoms with Gasteiger partial charge in [0, 0.05) is 50.4 Å². The van der Waals surface area contributed by atoms with Crippen molar-refractivity contribution in [2.24, 2.45) is 0 Å². The van der Waals surface area contributed by atoms with Gasteiger partial charge in [-0.15, -0.1) is 0 Å². The van der Waals surface area contributed by atoms with E-state index in [0.717, 1.165) is 16.1 Å². The zero-order chi connectivity index (χ0) is 26.2. The number of hydrogen-bond donors (Lipinski definition) is 0. The summed E-state index contributed by atoms with van der Waals surface area (Å²) in [6, 6.07) is 14.1. The van der Waals surface area contributed by atoms with E-state index in [1.54, 1.807) is 12.1 Å². The first-order valence-corrected chi connectivity index (χ1v) is 14.0. The predicted molar refractivity (Wildman–Crippen MR) is 141 cm³/mol. The van der Waals surface area contributed by atoms with Gasteiger partial charge in [0.2, 0.25) is 15.0 Å². The molecule has 0 saturated carbocycles. The highest BCUT2D eigenvalue weighted by Gasteiger charge is 2.31. The lowest BCUT2D eigenvalue weighted by Crippen LogP contribution is -2.48. The van der Waals surface area contributed by atoms with Gasteiger partial charge in [-0.1, -0.05) is 35.6 Å². The Kier molecular flexibility index (Phi) is 6.99. The van der Waals surface area contributed by atoms with Gasteiger partial charge in [0.1, 0.15) is 21.4 Å². The number of ether oxygens (including phenoxy) is 2. The van der Waals surface area contributed by atoms with Crippen molar-refractivity contribution in [3.63, 3.8) is 0 Å². The number of nitrogens with zero attached hydrogens (tertiary/aromatic N) is 5. The van der Waals surface area contributed by atoms with E-state index in [4.69, 9.17) is 9.47 Å². The Morgan fingerprint density at radius 2 is 1.76 bits per heavy atom. The molecular weight excluding hydrogens is 514 g/mol. The molecule has 0 N–H and O–H groups in total. The van der Waals surface area contributed by atoms with Crippen LogP contribution in [0.4, 0.5) is 0 Å². The lowest BCUT2D eigenvalue weighted by atomic mass is 10.1. The summed E-state index contributed by atoms with van der Waals surface area (Å²) in [4.78, 5) is 20.2. The van der Waals surface area contributed by atoms with Gasteiger partial charge in [-0.05, 0) is 24.6 Å². The average Bonchev–Trinajstić information content (AvgIpc) is 3.33. The van der Waals surface area contributed by atoms with Crippen LogP contribution in [0, 0.1) is 6.92 Å². The Balaban J connectivity index is 1.31. The second kappa shape index (κ2) is 10.2. The third kappa shape index (κ3) is 4.97. The first-order chi connectivity index (χ1) is 17.8. The number of sulfonamides is 1. The molecule has 2 aromatic carbocycles. The summed E-state index contributed by atoms with van der Waals surface area (Å²) in [5.74, 6) is 0.718. The van der Waals surface area contributed by atoms with E-state index in [1.807, 2.05) is 31.2 Å². The quantitative estimate of drug-likeness (QED) is 0.352. The van der Waals surface area contributed by atoms with Crippen LogP contribution < -0.4 is 15.0 Å². The molecule has 0 aliphatic carbocycles. The van der Waals surface area contributed by atoms with Crippen molar-refractivity contribution in [1.82, 2.24) is 23.8 Å². The number of aryl methyl sites for hydroxylation is 1. The Morgan fingerprint density at radius 1 is 1.00 bits per heavy atom. The maximum atomic E-state index is 13.3. The Labute approximate surface area is 218 Å². The highest BCUT2D eigenvalue weighted by atomic mass is 32.2. The van der Waals surface area contributed by atoms with E-state index >= 15 is 0 Å². The fraction of sp³-hybridized carbons (Fsp3) is 0.320. The van der Waals surface area contributed by atoms with Gasteiger partial charge in [-0.2, -0.15) is 13.9 Å². The van der Waals surface area contributed by atoms with Gasteiger partial charge in [0.15, 0.2) is 0 Å². The standard InChI is InChI=1S/C25H27N5O5S2/c1-17-6-4-5-7-20(17)24-27-30-23(31)14-18(26-25(30)36-24)16-28-10-12-29(13-11-28)37(32,33)22-15-19(34-2)8-9-21(22)35-3/h4-9,14-15H,10-13,16H2,1-3H3. The third-order valence-corrected chi connectivity index (χ3v) is 9.24. The summed E-state index contributed by atoms with van der Waals surface area (Å²) in [6.45, 7) is 4.07. The molecule has 1 saturated heterocycles. The number of methoxy groups -OCH3 is 2. The van der Waals surface area contributed by atoms with Crippen molar-refractivity contribution >= 4 is 26.3 Å². The summed E-state index contributed by atoms with van der Waals surface area (Å²) >= 11 is 1.38. The number of piperazine rings is 1. The zero-order valence-electron chi connectivity index (χ0n) is 20.7. The maximum Gasteiger partial charge on any atom is 0.275 e. The van der Waals surface area contributed by atoms with Crippen LogP contribution in [0.15, 0.2) is 58.2 Å². The molecule has 4 aromatic rings. The van der Waals surface area contributed by atoms with Crippen LogP contribution in [0.3, 0.4) is 0 Å². The minimum Gasteiger partial charge on any atom is -0.497 e. The molecule has 37 heavy (non-hydrogen) atoms. The number of aromatic nitrogens is 3. The number of benzene rings is 2. The molecule has 1 aliphatic rings. The summed E-state index contributed by atoms with van der Waals surface area (Å²) in [7, 11) is -0.838. The van der Waals surface area contributed by atoms with Crippen LogP contribution in [0.5, 0.6) is 11.5 Å². The smallest absolute Gasteiger partial charge is 0.275 e. The SMILES string of the molecule is COc1ccc(OC)c(S(=O)(=O)N2CCN(Cc3cc(=O)n4nc(-c5ccccc5C)sc4n3)CC2)c1. The van der Waals surface area contributed by atoms with Crippen LogP contribution in [0.1, 0.15) is 11.3 Å². The summed E-state index contributed by atoms with van der Waals surface area (Å²) in [5, 5.41) is 5.22. The van der Waals surface area contributed by atoms with E-state index in [2.05, 4.69) is 15.0 Å². The van der Waals surface area contributed by atoms with Crippen LogP contribution in [-0.2, 0) is 16.6 Å². The first-order valence-electron chi connectivity index (χ1n) is 11.7. The zero-order valence-corrected chi connectivity index (χ0v) is 22.4. The van der Waals surface area contributed by atoms with Crippen molar-refractivity contribution in [1.29, 1.82) is 0 Å². The van der Waals surface area contributed by atoms with Gasteiger partial charge in [0.05, 0.1) is 19.9 Å². The van der Waals surface area contributed by atoms with Crippen molar-refractivity contribution in [3.05, 3.63) is 70.1 Å². The minimum absolute atomic E-state index is 0.0811. The third-order valence-electron chi connectivity index (χ3n) is 6.38. The molecule has 1 fully saturated rings. The monoisotopic (exact) mass is 541 g/mol. The van der Waals surface area contributed by atoms with E-state index < -0.39 is 10.0 Å². The summed E-state index contributed by atoms with van der Waals surface area (Å²) in [5.41, 5.74) is 2.45. The molecule has 2 aromatic heterocycles. The molecule has 0 atom stereocenters. The van der Waals surface area contributed by atoms with Crippen LogP contribution in [0.25, 0.3) is 15.5 Å². The summed E-state index contributed by atoms with van der Waals surface area (Å²) < 4.78 is 40.0. The van der Waals surface area contributed by atoms with Gasteiger partial charge >= 0.3 is 0 Å². The lowest BCUT2D eigenvalue weighted by molar-refractivity contribution is 0.179. The summed E-state index contributed by atoms with van der Waals surface area (Å²) in [6.07, 6.45) is 0. The highest BCUT2D eigenvalue weighted by Crippen LogP contribution is 2.31. The molecule has 0 unspecified atom stereocenters. The Hall–Kier alpha value is -3.32. The van der Waals surface area contributed by atoms with Gasteiger partial charge in [-0.25, -0.2) is 13.4 Å². The molecule has 194 valence electrons. The molecule has 3 heterocycles. The fourth-order valence-electron chi connectivity index (χ4n) is 4.34. The van der Waals surface area contributed by atoms with Crippen LogP contribution >= 0.6 is 11.3 Å².